The van der Waals surface area contributed by atoms with E-state index in [-0.39, 0.29) is 19.6 Å². The van der Waals surface area contributed by atoms with Crippen LogP contribution < -0.4 is 11.1 Å². The van der Waals surface area contributed by atoms with Gasteiger partial charge in [0.15, 0.2) is 0 Å². The monoisotopic (exact) mass is 380 g/mol. The Morgan fingerprint density at radius 1 is 1.04 bits per heavy atom. The summed E-state index contributed by atoms with van der Waals surface area (Å²) in [5.74, 6) is -0.661. The maximum Gasteiger partial charge on any atom is 0.114 e. The van der Waals surface area contributed by atoms with Crippen molar-refractivity contribution in [2.75, 3.05) is 32.8 Å². The molecule has 0 bridgehead atoms. The summed E-state index contributed by atoms with van der Waals surface area (Å²) < 4.78 is 11.4. The van der Waals surface area contributed by atoms with Crippen LogP contribution in [0, 0.1) is 5.92 Å². The van der Waals surface area contributed by atoms with E-state index in [0.717, 1.165) is 6.42 Å². The standard InChI is InChI=1S/C16H32N2O8/c17-2-1-3-18-5-11-16(13(22)9(20)7-25-11)26-10-4-8(6-19)12(21)15(24)14(10)23/h8-16,18-24H,1-7,17H2. The molecule has 1 heterocycles. The summed E-state index contributed by atoms with van der Waals surface area (Å²) in [6.45, 7) is 1.13. The third-order valence-corrected chi connectivity index (χ3v) is 5.15. The van der Waals surface area contributed by atoms with E-state index >= 15 is 0 Å². The molecule has 0 amide bonds. The average Bonchev–Trinajstić information content (AvgIpc) is 2.64. The minimum absolute atomic E-state index is 0.0436. The number of aliphatic hydroxyl groups excluding tert-OH is 6. The zero-order valence-electron chi connectivity index (χ0n) is 14.7. The summed E-state index contributed by atoms with van der Waals surface area (Å²) in [6, 6.07) is 0. The van der Waals surface area contributed by atoms with Gasteiger partial charge in [0.2, 0.25) is 0 Å². The van der Waals surface area contributed by atoms with E-state index in [0.29, 0.717) is 19.6 Å². The number of hydrogen-bond acceptors (Lipinski definition) is 10. The Balaban J connectivity index is 2.03. The third-order valence-electron chi connectivity index (χ3n) is 5.15. The van der Waals surface area contributed by atoms with Crippen LogP contribution in [0.3, 0.4) is 0 Å². The molecular formula is C16H32N2O8. The van der Waals surface area contributed by atoms with Gasteiger partial charge in [-0.15, -0.1) is 0 Å². The van der Waals surface area contributed by atoms with Crippen molar-refractivity contribution in [3.05, 3.63) is 0 Å². The maximum absolute atomic E-state index is 10.3. The molecule has 1 aliphatic carbocycles. The fourth-order valence-electron chi connectivity index (χ4n) is 3.47. The summed E-state index contributed by atoms with van der Waals surface area (Å²) in [7, 11) is 0. The van der Waals surface area contributed by atoms with Gasteiger partial charge in [0, 0.05) is 19.1 Å². The lowest BCUT2D eigenvalue weighted by molar-refractivity contribution is -0.249. The molecule has 1 saturated heterocycles. The second kappa shape index (κ2) is 10.2. The SMILES string of the molecule is NCCCNCC1OCC(O)C(O)C1OC1CC(CO)C(O)C(O)C1O. The molecule has 9 atom stereocenters. The van der Waals surface area contributed by atoms with Crippen molar-refractivity contribution in [1.82, 2.24) is 5.32 Å². The Labute approximate surface area is 152 Å². The molecule has 0 spiro atoms. The highest BCUT2D eigenvalue weighted by molar-refractivity contribution is 4.96. The Hall–Kier alpha value is -0.400. The van der Waals surface area contributed by atoms with Gasteiger partial charge in [0.1, 0.15) is 30.5 Å². The van der Waals surface area contributed by atoms with E-state index < -0.39 is 54.7 Å². The molecule has 2 rings (SSSR count). The first kappa shape index (κ1) is 21.9. The zero-order chi connectivity index (χ0) is 19.3. The van der Waals surface area contributed by atoms with Crippen LogP contribution >= 0.6 is 0 Å². The molecule has 1 saturated carbocycles. The number of rotatable bonds is 8. The summed E-state index contributed by atoms with van der Waals surface area (Å²) in [5.41, 5.74) is 5.44. The molecule has 0 aromatic heterocycles. The summed E-state index contributed by atoms with van der Waals surface area (Å²) >= 11 is 0. The van der Waals surface area contributed by atoms with Crippen LogP contribution in [0.2, 0.25) is 0 Å². The van der Waals surface area contributed by atoms with Crippen LogP contribution in [0.4, 0.5) is 0 Å². The van der Waals surface area contributed by atoms with Crippen LogP contribution in [0.1, 0.15) is 12.8 Å². The summed E-state index contributed by atoms with van der Waals surface area (Å²) in [4.78, 5) is 0. The Morgan fingerprint density at radius 2 is 1.77 bits per heavy atom. The molecule has 10 heteroatoms. The van der Waals surface area contributed by atoms with Gasteiger partial charge in [-0.25, -0.2) is 0 Å². The molecule has 26 heavy (non-hydrogen) atoms. The molecule has 9 N–H and O–H groups in total. The van der Waals surface area contributed by atoms with Crippen molar-refractivity contribution in [3.63, 3.8) is 0 Å². The number of hydrogen-bond donors (Lipinski definition) is 8. The molecule has 0 aromatic rings. The first-order chi connectivity index (χ1) is 12.4. The van der Waals surface area contributed by atoms with Gasteiger partial charge in [-0.3, -0.25) is 0 Å². The highest BCUT2D eigenvalue weighted by Crippen LogP contribution is 2.30. The molecule has 10 nitrogen and oxygen atoms in total. The summed E-state index contributed by atoms with van der Waals surface area (Å²) in [5, 5.41) is 62.8. The number of aliphatic hydroxyl groups is 6. The second-order valence-electron chi connectivity index (χ2n) is 7.07. The highest BCUT2D eigenvalue weighted by atomic mass is 16.6. The Kier molecular flexibility index (Phi) is 8.61. The topological polar surface area (TPSA) is 178 Å². The number of ether oxygens (including phenoxy) is 2. The number of nitrogens with two attached hydrogens (primary N) is 1. The normalized spacial score (nSPS) is 44.2. The van der Waals surface area contributed by atoms with Gasteiger partial charge in [-0.2, -0.15) is 0 Å². The van der Waals surface area contributed by atoms with E-state index in [1.54, 1.807) is 0 Å². The fraction of sp³-hybridized carbons (Fsp3) is 1.00. The summed E-state index contributed by atoms with van der Waals surface area (Å²) in [6.07, 6.45) is -8.05. The lowest BCUT2D eigenvalue weighted by atomic mass is 9.81. The minimum Gasteiger partial charge on any atom is -0.396 e. The van der Waals surface area contributed by atoms with E-state index in [4.69, 9.17) is 15.2 Å². The van der Waals surface area contributed by atoms with E-state index in [1.807, 2.05) is 0 Å². The lowest BCUT2D eigenvalue weighted by Crippen LogP contribution is -2.61. The second-order valence-corrected chi connectivity index (χ2v) is 7.07. The largest absolute Gasteiger partial charge is 0.396 e. The molecule has 2 aliphatic rings. The van der Waals surface area contributed by atoms with Crippen molar-refractivity contribution in [2.45, 2.75) is 61.7 Å². The van der Waals surface area contributed by atoms with Gasteiger partial charge in [0.25, 0.3) is 0 Å². The Bertz CT molecular complexity index is 416. The lowest BCUT2D eigenvalue weighted by Gasteiger charge is -2.44. The highest BCUT2D eigenvalue weighted by Gasteiger charge is 2.47. The fourth-order valence-corrected chi connectivity index (χ4v) is 3.47. The minimum atomic E-state index is -1.47. The molecule has 0 aromatic carbocycles. The molecule has 2 fully saturated rings. The molecular weight excluding hydrogens is 348 g/mol. The number of nitrogens with one attached hydrogen (secondary N) is 1. The predicted octanol–water partition coefficient (Wildman–Crippen LogP) is -4.11. The predicted molar refractivity (Wildman–Crippen MR) is 90.2 cm³/mol. The van der Waals surface area contributed by atoms with E-state index in [9.17, 15) is 30.6 Å². The maximum atomic E-state index is 10.3. The van der Waals surface area contributed by atoms with Crippen molar-refractivity contribution < 1.29 is 40.1 Å². The van der Waals surface area contributed by atoms with Crippen LogP contribution in [-0.2, 0) is 9.47 Å². The van der Waals surface area contributed by atoms with Gasteiger partial charge in [0.05, 0.1) is 24.9 Å². The van der Waals surface area contributed by atoms with Gasteiger partial charge in [-0.05, 0) is 25.9 Å². The van der Waals surface area contributed by atoms with Gasteiger partial charge >= 0.3 is 0 Å². The zero-order valence-corrected chi connectivity index (χ0v) is 14.7. The molecule has 1 aliphatic heterocycles. The van der Waals surface area contributed by atoms with Gasteiger partial charge < -0.3 is 51.2 Å². The van der Waals surface area contributed by atoms with E-state index in [1.165, 1.54) is 0 Å². The van der Waals surface area contributed by atoms with Crippen molar-refractivity contribution in [1.29, 1.82) is 0 Å². The van der Waals surface area contributed by atoms with Crippen LogP contribution in [0.5, 0.6) is 0 Å². The quantitative estimate of drug-likeness (QED) is 0.193. The average molecular weight is 380 g/mol. The molecule has 154 valence electrons. The van der Waals surface area contributed by atoms with Crippen molar-refractivity contribution in [2.24, 2.45) is 11.7 Å². The molecule has 9 unspecified atom stereocenters. The van der Waals surface area contributed by atoms with Crippen molar-refractivity contribution in [3.8, 4) is 0 Å². The van der Waals surface area contributed by atoms with Crippen LogP contribution in [0.25, 0.3) is 0 Å². The first-order valence-corrected chi connectivity index (χ1v) is 9.09. The van der Waals surface area contributed by atoms with Crippen LogP contribution in [0.15, 0.2) is 0 Å². The Morgan fingerprint density at radius 3 is 2.42 bits per heavy atom. The van der Waals surface area contributed by atoms with Crippen molar-refractivity contribution >= 4 is 0 Å². The third kappa shape index (κ3) is 5.10. The molecule has 0 radical (unpaired) electrons. The smallest absolute Gasteiger partial charge is 0.114 e. The van der Waals surface area contributed by atoms with E-state index in [2.05, 4.69) is 5.32 Å². The van der Waals surface area contributed by atoms with Gasteiger partial charge in [-0.1, -0.05) is 0 Å². The van der Waals surface area contributed by atoms with Crippen LogP contribution in [-0.4, -0.2) is 112 Å². The first-order valence-electron chi connectivity index (χ1n) is 9.09.